The molecule has 2 amide bonds. The summed E-state index contributed by atoms with van der Waals surface area (Å²) in [5.74, 6) is -0.646. The van der Waals surface area contributed by atoms with Crippen LogP contribution in [0.15, 0.2) is 64.8 Å². The largest absolute Gasteiger partial charge is 0.378 e. The van der Waals surface area contributed by atoms with Gasteiger partial charge in [-0.15, -0.1) is 5.10 Å². The number of imide groups is 1. The fourth-order valence-corrected chi connectivity index (χ4v) is 4.01. The van der Waals surface area contributed by atoms with Crippen LogP contribution in [0.1, 0.15) is 18.9 Å². The molecule has 9 heteroatoms. The van der Waals surface area contributed by atoms with Crippen LogP contribution in [0.4, 0.5) is 11.4 Å². The lowest BCUT2D eigenvalue weighted by atomic mass is 10.2. The quantitative estimate of drug-likeness (QED) is 0.296. The van der Waals surface area contributed by atoms with Crippen LogP contribution in [0.2, 0.25) is 5.02 Å². The second-order valence-electron chi connectivity index (χ2n) is 7.36. The SMILES string of the molecule is CC(C=Cc1ccc(N(C)C)cc1)=NN=C(N)SC1CC(=O)N(c2cccc(Cl)c2)C1=O. The Morgan fingerprint density at radius 2 is 1.91 bits per heavy atom. The van der Waals surface area contributed by atoms with E-state index >= 15 is 0 Å². The number of carbonyl (C=O) groups excluding carboxylic acids is 2. The third-order valence-corrected chi connectivity index (χ3v) is 5.88. The van der Waals surface area contributed by atoms with E-state index in [4.69, 9.17) is 17.3 Å². The van der Waals surface area contributed by atoms with Crippen LogP contribution >= 0.6 is 23.4 Å². The number of hydrogen-bond acceptors (Lipinski definition) is 6. The standard InChI is InChI=1S/C23H24ClN5O2S/c1-15(7-8-16-9-11-18(12-10-16)28(2)3)26-27-23(25)32-20-14-21(30)29(22(20)31)19-6-4-5-17(24)13-19/h4-13,20H,14H2,1-3H3,(H2,25,27). The molecule has 1 saturated heterocycles. The lowest BCUT2D eigenvalue weighted by molar-refractivity contribution is -0.121. The van der Waals surface area contributed by atoms with E-state index in [1.165, 1.54) is 0 Å². The summed E-state index contributed by atoms with van der Waals surface area (Å²) in [7, 11) is 3.98. The summed E-state index contributed by atoms with van der Waals surface area (Å²) in [6.07, 6.45) is 3.80. The van der Waals surface area contributed by atoms with Crippen molar-refractivity contribution >= 4 is 63.5 Å². The van der Waals surface area contributed by atoms with E-state index in [-0.39, 0.29) is 23.4 Å². The normalized spacial score (nSPS) is 17.5. The van der Waals surface area contributed by atoms with Crippen LogP contribution in [0, 0.1) is 0 Å². The van der Waals surface area contributed by atoms with E-state index in [0.717, 1.165) is 27.9 Å². The van der Waals surface area contributed by atoms with Crippen LogP contribution in [-0.2, 0) is 9.59 Å². The average molecular weight is 470 g/mol. The first-order valence-corrected chi connectivity index (χ1v) is 11.1. The first-order valence-electron chi connectivity index (χ1n) is 9.87. The van der Waals surface area contributed by atoms with Gasteiger partial charge in [-0.3, -0.25) is 9.59 Å². The van der Waals surface area contributed by atoms with Crippen molar-refractivity contribution in [3.05, 3.63) is 65.2 Å². The van der Waals surface area contributed by atoms with Crippen molar-refractivity contribution in [3.8, 4) is 0 Å². The van der Waals surface area contributed by atoms with E-state index in [9.17, 15) is 9.59 Å². The topological polar surface area (TPSA) is 91.4 Å². The third kappa shape index (κ3) is 5.99. The number of thioether (sulfide) groups is 1. The summed E-state index contributed by atoms with van der Waals surface area (Å²) >= 11 is 7.01. The second kappa shape index (κ2) is 10.5. The van der Waals surface area contributed by atoms with E-state index in [0.29, 0.717) is 16.4 Å². The van der Waals surface area contributed by atoms with Gasteiger partial charge in [0.1, 0.15) is 5.25 Å². The van der Waals surface area contributed by atoms with Crippen molar-refractivity contribution in [2.24, 2.45) is 15.9 Å². The summed E-state index contributed by atoms with van der Waals surface area (Å²) in [4.78, 5) is 28.2. The molecule has 1 unspecified atom stereocenters. The molecular weight excluding hydrogens is 446 g/mol. The summed E-state index contributed by atoms with van der Waals surface area (Å²) in [5.41, 5.74) is 9.20. The van der Waals surface area contributed by atoms with Crippen molar-refractivity contribution < 1.29 is 9.59 Å². The molecule has 1 atom stereocenters. The molecule has 0 bridgehead atoms. The maximum atomic E-state index is 12.7. The van der Waals surface area contributed by atoms with Crippen LogP contribution in [0.25, 0.3) is 6.08 Å². The predicted molar refractivity (Wildman–Crippen MR) is 134 cm³/mol. The molecular formula is C23H24ClN5O2S. The van der Waals surface area contributed by atoms with Gasteiger partial charge in [-0.25, -0.2) is 4.90 Å². The molecule has 2 aromatic carbocycles. The number of halogens is 1. The van der Waals surface area contributed by atoms with Crippen molar-refractivity contribution in [3.63, 3.8) is 0 Å². The van der Waals surface area contributed by atoms with Gasteiger partial charge < -0.3 is 10.6 Å². The van der Waals surface area contributed by atoms with Crippen molar-refractivity contribution in [2.75, 3.05) is 23.9 Å². The van der Waals surface area contributed by atoms with Gasteiger partial charge in [0.15, 0.2) is 5.17 Å². The number of anilines is 2. The Morgan fingerprint density at radius 3 is 2.56 bits per heavy atom. The minimum Gasteiger partial charge on any atom is -0.378 e. The minimum absolute atomic E-state index is 0.0395. The number of rotatable bonds is 6. The highest BCUT2D eigenvalue weighted by Crippen LogP contribution is 2.30. The molecule has 32 heavy (non-hydrogen) atoms. The van der Waals surface area contributed by atoms with Gasteiger partial charge in [-0.2, -0.15) is 5.10 Å². The molecule has 2 aromatic rings. The number of hydrogen-bond donors (Lipinski definition) is 1. The fourth-order valence-electron chi connectivity index (χ4n) is 3.01. The second-order valence-corrected chi connectivity index (χ2v) is 9.02. The summed E-state index contributed by atoms with van der Waals surface area (Å²) in [5, 5.41) is 8.01. The highest BCUT2D eigenvalue weighted by Gasteiger charge is 2.40. The summed E-state index contributed by atoms with van der Waals surface area (Å²) in [6.45, 7) is 1.80. The molecule has 0 saturated carbocycles. The molecule has 2 N–H and O–H groups in total. The van der Waals surface area contributed by atoms with E-state index in [1.807, 2.05) is 55.4 Å². The lowest BCUT2D eigenvalue weighted by Gasteiger charge is -2.14. The molecule has 0 radical (unpaired) electrons. The van der Waals surface area contributed by atoms with E-state index in [1.54, 1.807) is 31.2 Å². The van der Waals surface area contributed by atoms with Crippen LogP contribution in [0.5, 0.6) is 0 Å². The Bertz CT molecular complexity index is 1100. The zero-order valence-electron chi connectivity index (χ0n) is 18.0. The third-order valence-electron chi connectivity index (χ3n) is 4.67. The zero-order chi connectivity index (χ0) is 23.3. The lowest BCUT2D eigenvalue weighted by Crippen LogP contribution is -2.31. The number of benzene rings is 2. The highest BCUT2D eigenvalue weighted by atomic mass is 35.5. The van der Waals surface area contributed by atoms with E-state index < -0.39 is 5.25 Å². The number of nitrogens with zero attached hydrogens (tertiary/aromatic N) is 4. The predicted octanol–water partition coefficient (Wildman–Crippen LogP) is 4.18. The van der Waals surface area contributed by atoms with Crippen molar-refractivity contribution in [2.45, 2.75) is 18.6 Å². The molecule has 1 fully saturated rings. The maximum Gasteiger partial charge on any atom is 0.247 e. The Morgan fingerprint density at radius 1 is 1.19 bits per heavy atom. The number of amidine groups is 1. The van der Waals surface area contributed by atoms with Gasteiger partial charge in [-0.05, 0) is 48.9 Å². The first kappa shape index (κ1) is 23.6. The molecule has 7 nitrogen and oxygen atoms in total. The number of carbonyl (C=O) groups is 2. The maximum absolute atomic E-state index is 12.7. The number of amides is 2. The minimum atomic E-state index is -0.647. The molecule has 1 aliphatic rings. The Labute approximate surface area is 196 Å². The zero-order valence-corrected chi connectivity index (χ0v) is 19.6. The molecule has 0 spiro atoms. The molecule has 3 rings (SSSR count). The number of nitrogens with two attached hydrogens (primary N) is 1. The Hall–Kier alpha value is -3.10. The highest BCUT2D eigenvalue weighted by molar-refractivity contribution is 8.14. The van der Waals surface area contributed by atoms with Crippen LogP contribution in [-0.4, -0.2) is 42.0 Å². The first-order chi connectivity index (χ1) is 15.2. The van der Waals surface area contributed by atoms with Gasteiger partial charge in [0.05, 0.1) is 11.4 Å². The fraction of sp³-hybridized carbons (Fsp3) is 0.217. The Balaban J connectivity index is 1.61. The van der Waals surface area contributed by atoms with Crippen LogP contribution in [0.3, 0.4) is 0 Å². The monoisotopic (exact) mass is 469 g/mol. The molecule has 166 valence electrons. The summed E-state index contributed by atoms with van der Waals surface area (Å²) in [6, 6.07) is 14.7. The van der Waals surface area contributed by atoms with Gasteiger partial charge in [0.2, 0.25) is 11.8 Å². The molecule has 1 heterocycles. The van der Waals surface area contributed by atoms with E-state index in [2.05, 4.69) is 10.2 Å². The van der Waals surface area contributed by atoms with Gasteiger partial charge in [0, 0.05) is 31.2 Å². The average Bonchev–Trinajstić information content (AvgIpc) is 3.03. The summed E-state index contributed by atoms with van der Waals surface area (Å²) < 4.78 is 0. The van der Waals surface area contributed by atoms with Crippen molar-refractivity contribution in [1.82, 2.24) is 0 Å². The molecule has 0 aliphatic carbocycles. The van der Waals surface area contributed by atoms with Gasteiger partial charge in [-0.1, -0.05) is 47.6 Å². The Kier molecular flexibility index (Phi) is 7.71. The molecule has 0 aromatic heterocycles. The van der Waals surface area contributed by atoms with Gasteiger partial charge in [0.25, 0.3) is 0 Å². The number of allylic oxidation sites excluding steroid dienone is 1. The van der Waals surface area contributed by atoms with Gasteiger partial charge >= 0.3 is 0 Å². The smallest absolute Gasteiger partial charge is 0.247 e. The van der Waals surface area contributed by atoms with Crippen LogP contribution < -0.4 is 15.5 Å². The molecule has 1 aliphatic heterocycles. The van der Waals surface area contributed by atoms with Crippen molar-refractivity contribution in [1.29, 1.82) is 0 Å².